The summed E-state index contributed by atoms with van der Waals surface area (Å²) >= 11 is 0. The number of benzene rings is 1. The van der Waals surface area contributed by atoms with Gasteiger partial charge in [-0.25, -0.2) is 0 Å². The Bertz CT molecular complexity index is 326. The molecule has 2 rings (SSSR count). The molecular formula is C13H20N2O. The third-order valence-electron chi connectivity index (χ3n) is 3.13. The summed E-state index contributed by atoms with van der Waals surface area (Å²) in [5.74, 6) is 0.618. The molecule has 0 aliphatic carbocycles. The summed E-state index contributed by atoms with van der Waals surface area (Å²) in [6.07, 6.45) is 2.42. The van der Waals surface area contributed by atoms with Crippen molar-refractivity contribution in [2.45, 2.75) is 19.8 Å². The monoisotopic (exact) mass is 220 g/mol. The fraction of sp³-hybridized carbons (Fsp3) is 0.538. The maximum Gasteiger partial charge on any atom is 0.0603 e. The molecule has 1 fully saturated rings. The van der Waals surface area contributed by atoms with Crippen LogP contribution in [0.15, 0.2) is 18.2 Å². The summed E-state index contributed by atoms with van der Waals surface area (Å²) in [5, 5.41) is 3.45. The van der Waals surface area contributed by atoms with Crippen LogP contribution in [0.5, 0.6) is 0 Å². The number of nitrogens with two attached hydrogens (primary N) is 1. The predicted molar refractivity (Wildman–Crippen MR) is 67.6 cm³/mol. The van der Waals surface area contributed by atoms with Gasteiger partial charge in [0.15, 0.2) is 0 Å². The Labute approximate surface area is 97.0 Å². The Balaban J connectivity index is 1.93. The van der Waals surface area contributed by atoms with Crippen molar-refractivity contribution in [2.75, 3.05) is 30.8 Å². The summed E-state index contributed by atoms with van der Waals surface area (Å²) in [6, 6.07) is 6.00. The molecule has 0 spiro atoms. The van der Waals surface area contributed by atoms with Crippen molar-refractivity contribution in [2.24, 2.45) is 5.92 Å². The number of ether oxygens (including phenoxy) is 1. The van der Waals surface area contributed by atoms with Crippen molar-refractivity contribution in [3.8, 4) is 0 Å². The van der Waals surface area contributed by atoms with Crippen LogP contribution in [-0.4, -0.2) is 19.8 Å². The van der Waals surface area contributed by atoms with Gasteiger partial charge in [0.1, 0.15) is 0 Å². The number of hydrogen-bond acceptors (Lipinski definition) is 3. The van der Waals surface area contributed by atoms with Gasteiger partial charge in [0.2, 0.25) is 0 Å². The summed E-state index contributed by atoms with van der Waals surface area (Å²) < 4.78 is 5.46. The van der Waals surface area contributed by atoms with E-state index < -0.39 is 0 Å². The fourth-order valence-corrected chi connectivity index (χ4v) is 2.15. The third-order valence-corrected chi connectivity index (χ3v) is 3.13. The normalized spacial score (nSPS) is 20.7. The molecule has 3 heteroatoms. The first-order valence-corrected chi connectivity index (χ1v) is 5.94. The van der Waals surface area contributed by atoms with E-state index in [1.165, 1.54) is 18.4 Å². The van der Waals surface area contributed by atoms with Crippen LogP contribution in [-0.2, 0) is 4.74 Å². The lowest BCUT2D eigenvalue weighted by molar-refractivity contribution is 0.0595. The average Bonchev–Trinajstić information content (AvgIpc) is 2.30. The lowest BCUT2D eigenvalue weighted by atomic mass is 10.0. The van der Waals surface area contributed by atoms with Crippen molar-refractivity contribution in [3.05, 3.63) is 23.8 Å². The number of rotatable bonds is 3. The Hall–Kier alpha value is -1.22. The van der Waals surface area contributed by atoms with Gasteiger partial charge in [0.25, 0.3) is 0 Å². The van der Waals surface area contributed by atoms with Gasteiger partial charge in [0.05, 0.1) is 18.0 Å². The predicted octanol–water partition coefficient (Wildman–Crippen LogP) is 2.42. The minimum Gasteiger partial charge on any atom is -0.397 e. The van der Waals surface area contributed by atoms with Gasteiger partial charge in [-0.1, -0.05) is 12.1 Å². The van der Waals surface area contributed by atoms with Crippen LogP contribution in [0.1, 0.15) is 18.4 Å². The SMILES string of the molecule is Cc1cccc(N)c1NCC1CCCOC1. The molecule has 0 amide bonds. The van der Waals surface area contributed by atoms with Gasteiger partial charge in [-0.15, -0.1) is 0 Å². The summed E-state index contributed by atoms with van der Waals surface area (Å²) in [4.78, 5) is 0. The number of nitrogen functional groups attached to an aromatic ring is 1. The highest BCUT2D eigenvalue weighted by Crippen LogP contribution is 2.23. The summed E-state index contributed by atoms with van der Waals surface area (Å²) in [7, 11) is 0. The molecule has 16 heavy (non-hydrogen) atoms. The van der Waals surface area contributed by atoms with Crippen molar-refractivity contribution >= 4 is 11.4 Å². The van der Waals surface area contributed by atoms with Crippen molar-refractivity contribution in [1.82, 2.24) is 0 Å². The average molecular weight is 220 g/mol. The largest absolute Gasteiger partial charge is 0.397 e. The van der Waals surface area contributed by atoms with E-state index in [1.807, 2.05) is 12.1 Å². The molecule has 3 N–H and O–H groups in total. The molecule has 1 aromatic carbocycles. The van der Waals surface area contributed by atoms with Gasteiger partial charge >= 0.3 is 0 Å². The second-order valence-electron chi connectivity index (χ2n) is 4.50. The summed E-state index contributed by atoms with van der Waals surface area (Å²) in [5.41, 5.74) is 9.06. The number of anilines is 2. The topological polar surface area (TPSA) is 47.3 Å². The van der Waals surface area contributed by atoms with Crippen LogP contribution < -0.4 is 11.1 Å². The first kappa shape index (κ1) is 11.3. The molecule has 1 aliphatic rings. The van der Waals surface area contributed by atoms with E-state index in [-0.39, 0.29) is 0 Å². The minimum atomic E-state index is 0.618. The number of nitrogens with one attached hydrogen (secondary N) is 1. The molecule has 88 valence electrons. The van der Waals surface area contributed by atoms with Gasteiger partial charge in [-0.3, -0.25) is 0 Å². The second-order valence-corrected chi connectivity index (χ2v) is 4.50. The van der Waals surface area contributed by atoms with E-state index in [1.54, 1.807) is 0 Å². The zero-order chi connectivity index (χ0) is 11.4. The van der Waals surface area contributed by atoms with E-state index in [4.69, 9.17) is 10.5 Å². The van der Waals surface area contributed by atoms with Gasteiger partial charge in [0, 0.05) is 13.2 Å². The van der Waals surface area contributed by atoms with Crippen molar-refractivity contribution < 1.29 is 4.74 Å². The fourth-order valence-electron chi connectivity index (χ4n) is 2.15. The molecule has 0 saturated carbocycles. The van der Waals surface area contributed by atoms with Gasteiger partial charge in [-0.2, -0.15) is 0 Å². The lowest BCUT2D eigenvalue weighted by Crippen LogP contribution is -2.24. The van der Waals surface area contributed by atoms with Crippen LogP contribution >= 0.6 is 0 Å². The molecule has 0 aromatic heterocycles. The van der Waals surface area contributed by atoms with Crippen LogP contribution in [0, 0.1) is 12.8 Å². The zero-order valence-electron chi connectivity index (χ0n) is 9.83. The van der Waals surface area contributed by atoms with Crippen LogP contribution in [0.2, 0.25) is 0 Å². The zero-order valence-corrected chi connectivity index (χ0v) is 9.83. The molecular weight excluding hydrogens is 200 g/mol. The smallest absolute Gasteiger partial charge is 0.0603 e. The second kappa shape index (κ2) is 5.21. The molecule has 1 aliphatic heterocycles. The Morgan fingerprint density at radius 1 is 1.50 bits per heavy atom. The quantitative estimate of drug-likeness (QED) is 0.769. The molecule has 1 atom stereocenters. The minimum absolute atomic E-state index is 0.618. The molecule has 1 unspecified atom stereocenters. The highest BCUT2D eigenvalue weighted by Gasteiger charge is 2.14. The first-order valence-electron chi connectivity index (χ1n) is 5.94. The molecule has 1 heterocycles. The third kappa shape index (κ3) is 2.67. The van der Waals surface area contributed by atoms with E-state index >= 15 is 0 Å². The molecule has 3 nitrogen and oxygen atoms in total. The number of hydrogen-bond donors (Lipinski definition) is 2. The highest BCUT2D eigenvalue weighted by atomic mass is 16.5. The van der Waals surface area contributed by atoms with Crippen LogP contribution in [0.4, 0.5) is 11.4 Å². The van der Waals surface area contributed by atoms with E-state index in [0.29, 0.717) is 5.92 Å². The molecule has 0 bridgehead atoms. The first-order chi connectivity index (χ1) is 7.77. The Kier molecular flexibility index (Phi) is 3.67. The van der Waals surface area contributed by atoms with Crippen molar-refractivity contribution in [3.63, 3.8) is 0 Å². The maximum absolute atomic E-state index is 5.94. The van der Waals surface area contributed by atoms with E-state index in [9.17, 15) is 0 Å². The molecule has 1 aromatic rings. The van der Waals surface area contributed by atoms with Gasteiger partial charge in [-0.05, 0) is 37.3 Å². The highest BCUT2D eigenvalue weighted by molar-refractivity contribution is 5.69. The molecule has 0 radical (unpaired) electrons. The number of aryl methyl sites for hydroxylation is 1. The van der Waals surface area contributed by atoms with Crippen molar-refractivity contribution in [1.29, 1.82) is 0 Å². The van der Waals surface area contributed by atoms with E-state index in [0.717, 1.165) is 31.1 Å². The Morgan fingerprint density at radius 3 is 3.06 bits per heavy atom. The Morgan fingerprint density at radius 2 is 2.38 bits per heavy atom. The van der Waals surface area contributed by atoms with Gasteiger partial charge < -0.3 is 15.8 Å². The van der Waals surface area contributed by atoms with Crippen LogP contribution in [0.3, 0.4) is 0 Å². The number of para-hydroxylation sites is 1. The standard InChI is InChI=1S/C13H20N2O/c1-10-4-2-6-12(14)13(10)15-8-11-5-3-7-16-9-11/h2,4,6,11,15H,3,5,7-9,14H2,1H3. The maximum atomic E-state index is 5.94. The molecule has 1 saturated heterocycles. The lowest BCUT2D eigenvalue weighted by Gasteiger charge is -2.23. The summed E-state index contributed by atoms with van der Waals surface area (Å²) in [6.45, 7) is 4.83. The van der Waals surface area contributed by atoms with E-state index in [2.05, 4.69) is 18.3 Å². The van der Waals surface area contributed by atoms with Crippen LogP contribution in [0.25, 0.3) is 0 Å².